The monoisotopic (exact) mass is 471 g/mol. The van der Waals surface area contributed by atoms with Crippen LogP contribution in [0.4, 0.5) is 15.8 Å². The van der Waals surface area contributed by atoms with Crippen molar-refractivity contribution in [3.63, 3.8) is 0 Å². The van der Waals surface area contributed by atoms with Gasteiger partial charge in [-0.25, -0.2) is 4.39 Å². The number of benzene rings is 2. The highest BCUT2D eigenvalue weighted by Crippen LogP contribution is 2.44. The average Bonchev–Trinajstić information content (AvgIpc) is 3.20. The van der Waals surface area contributed by atoms with Crippen molar-refractivity contribution < 1.29 is 23.5 Å². The number of thiocarbonyl (C=S) groups is 1. The second kappa shape index (κ2) is 9.19. The minimum atomic E-state index is -0.451. The first-order valence-corrected chi connectivity index (χ1v) is 10.9. The molecule has 0 atom stereocenters. The highest BCUT2D eigenvalue weighted by Gasteiger charge is 2.42. The maximum atomic E-state index is 13.3. The molecule has 0 radical (unpaired) electrons. The number of hydrogen-bond donors (Lipinski definition) is 1. The summed E-state index contributed by atoms with van der Waals surface area (Å²) in [4.78, 5) is 41.9. The van der Waals surface area contributed by atoms with Crippen molar-refractivity contribution in [1.82, 2.24) is 4.90 Å². The summed E-state index contributed by atoms with van der Waals surface area (Å²) in [5.74, 6) is -1.67. The van der Waals surface area contributed by atoms with E-state index in [1.54, 1.807) is 24.3 Å². The van der Waals surface area contributed by atoms with E-state index in [9.17, 15) is 18.8 Å². The molecule has 10 heteroatoms. The molecule has 1 fully saturated rings. The molecule has 2 aliphatic heterocycles. The number of methoxy groups -OCH3 is 1. The smallest absolute Gasteiger partial charge is 0.267 e. The predicted molar refractivity (Wildman–Crippen MR) is 125 cm³/mol. The van der Waals surface area contributed by atoms with Gasteiger partial charge in [0.05, 0.1) is 29.3 Å². The van der Waals surface area contributed by atoms with Crippen molar-refractivity contribution in [2.24, 2.45) is 0 Å². The Hall–Kier alpha value is -3.08. The van der Waals surface area contributed by atoms with E-state index in [2.05, 4.69) is 5.32 Å². The number of halogens is 1. The molecule has 0 aromatic heterocycles. The molecule has 2 aromatic carbocycles. The lowest BCUT2D eigenvalue weighted by molar-refractivity contribution is -0.122. The van der Waals surface area contributed by atoms with E-state index in [1.165, 1.54) is 41.2 Å². The number of carbonyl (C=O) groups is 3. The number of hydrogen-bond acceptors (Lipinski definition) is 6. The van der Waals surface area contributed by atoms with E-state index in [0.717, 1.165) is 11.8 Å². The summed E-state index contributed by atoms with van der Waals surface area (Å²) < 4.78 is 18.5. The van der Waals surface area contributed by atoms with Gasteiger partial charge in [-0.15, -0.1) is 0 Å². The van der Waals surface area contributed by atoms with E-state index in [-0.39, 0.29) is 29.5 Å². The number of para-hydroxylation sites is 1. The molecule has 7 nitrogen and oxygen atoms in total. The van der Waals surface area contributed by atoms with Crippen LogP contribution in [0.3, 0.4) is 0 Å². The molecule has 0 bridgehead atoms. The molecule has 3 amide bonds. The van der Waals surface area contributed by atoms with Gasteiger partial charge in [-0.1, -0.05) is 42.2 Å². The maximum absolute atomic E-state index is 13.3. The first-order valence-electron chi connectivity index (χ1n) is 9.64. The largest absolute Gasteiger partial charge is 0.383 e. The van der Waals surface area contributed by atoms with Crippen LogP contribution < -0.4 is 10.2 Å². The Bertz CT molecular complexity index is 1150. The summed E-state index contributed by atoms with van der Waals surface area (Å²) in [6.07, 6.45) is 0. The third-order valence-corrected chi connectivity index (χ3v) is 6.40. The van der Waals surface area contributed by atoms with Crippen LogP contribution >= 0.6 is 24.0 Å². The Morgan fingerprint density at radius 3 is 2.53 bits per heavy atom. The van der Waals surface area contributed by atoms with Crippen LogP contribution in [-0.4, -0.2) is 53.7 Å². The topological polar surface area (TPSA) is 79.0 Å². The van der Waals surface area contributed by atoms with E-state index in [4.69, 9.17) is 17.0 Å². The third-order valence-electron chi connectivity index (χ3n) is 4.95. The third kappa shape index (κ3) is 4.16. The highest BCUT2D eigenvalue weighted by atomic mass is 32.2. The minimum Gasteiger partial charge on any atom is -0.383 e. The van der Waals surface area contributed by atoms with Crippen molar-refractivity contribution in [1.29, 1.82) is 0 Å². The van der Waals surface area contributed by atoms with Crippen molar-refractivity contribution in [2.45, 2.75) is 0 Å². The molecule has 32 heavy (non-hydrogen) atoms. The van der Waals surface area contributed by atoms with E-state index in [0.29, 0.717) is 27.9 Å². The van der Waals surface area contributed by atoms with Gasteiger partial charge in [-0.3, -0.25) is 24.2 Å². The van der Waals surface area contributed by atoms with Gasteiger partial charge in [0, 0.05) is 18.4 Å². The number of anilines is 2. The van der Waals surface area contributed by atoms with Crippen LogP contribution in [0.1, 0.15) is 5.56 Å². The first kappa shape index (κ1) is 22.1. The lowest BCUT2D eigenvalue weighted by Gasteiger charge is -2.16. The standard InChI is InChI=1S/C22H18FN3O4S2/c1-30-11-10-25-21(29)19(32-22(25)31)18-15-4-2-3-5-16(15)26(20(18)28)12-17(27)24-14-8-6-13(23)7-9-14/h2-9H,10-12H2,1H3,(H,24,27)/b19-18+. The van der Waals surface area contributed by atoms with Crippen LogP contribution in [0, 0.1) is 5.82 Å². The van der Waals surface area contributed by atoms with Gasteiger partial charge >= 0.3 is 0 Å². The Kier molecular flexibility index (Phi) is 6.35. The number of rotatable bonds is 6. The Morgan fingerprint density at radius 2 is 1.81 bits per heavy atom. The molecule has 2 aliphatic rings. The van der Waals surface area contributed by atoms with Crippen molar-refractivity contribution in [3.05, 3.63) is 64.8 Å². The zero-order chi connectivity index (χ0) is 22.8. The molecule has 0 aliphatic carbocycles. The first-order chi connectivity index (χ1) is 15.4. The van der Waals surface area contributed by atoms with Crippen LogP contribution in [0.25, 0.3) is 5.57 Å². The lowest BCUT2D eigenvalue weighted by Crippen LogP contribution is -2.35. The van der Waals surface area contributed by atoms with Crippen LogP contribution in [0.5, 0.6) is 0 Å². The second-order valence-electron chi connectivity index (χ2n) is 6.99. The van der Waals surface area contributed by atoms with E-state index >= 15 is 0 Å². The fraction of sp³-hybridized carbons (Fsp3) is 0.182. The van der Waals surface area contributed by atoms with E-state index < -0.39 is 17.6 Å². The van der Waals surface area contributed by atoms with Gasteiger partial charge in [-0.05, 0) is 30.3 Å². The summed E-state index contributed by atoms with van der Waals surface area (Å²) in [6, 6.07) is 12.3. The van der Waals surface area contributed by atoms with Crippen molar-refractivity contribution in [2.75, 3.05) is 37.0 Å². The SMILES string of the molecule is COCCN1C(=O)/C(=C2\C(=O)N(CC(=O)Nc3ccc(F)cc3)c3ccccc32)SC1=S. The maximum Gasteiger partial charge on any atom is 0.267 e. The Balaban J connectivity index is 1.62. The molecule has 0 spiro atoms. The molecule has 2 aromatic rings. The highest BCUT2D eigenvalue weighted by molar-refractivity contribution is 8.26. The van der Waals surface area contributed by atoms with Crippen LogP contribution in [0.2, 0.25) is 0 Å². The molecular formula is C22H18FN3O4S2. The number of nitrogens with one attached hydrogen (secondary N) is 1. The number of ether oxygens (including phenoxy) is 1. The number of fused-ring (bicyclic) bond motifs is 1. The molecule has 0 saturated carbocycles. The fourth-order valence-electron chi connectivity index (χ4n) is 3.46. The van der Waals surface area contributed by atoms with Crippen molar-refractivity contribution >= 4 is 63.0 Å². The number of carbonyl (C=O) groups excluding carboxylic acids is 3. The summed E-state index contributed by atoms with van der Waals surface area (Å²) in [7, 11) is 1.53. The second-order valence-corrected chi connectivity index (χ2v) is 8.63. The molecule has 164 valence electrons. The average molecular weight is 472 g/mol. The lowest BCUT2D eigenvalue weighted by atomic mass is 10.1. The summed E-state index contributed by atoms with van der Waals surface area (Å²) in [6.45, 7) is 0.341. The molecule has 1 saturated heterocycles. The quantitative estimate of drug-likeness (QED) is 0.516. The van der Waals surface area contributed by atoms with Gasteiger partial charge in [0.25, 0.3) is 11.8 Å². The summed E-state index contributed by atoms with van der Waals surface area (Å²) >= 11 is 6.39. The fourth-order valence-corrected chi connectivity index (χ4v) is 4.84. The van der Waals surface area contributed by atoms with Gasteiger partial charge in [0.2, 0.25) is 5.91 Å². The molecule has 0 unspecified atom stereocenters. The van der Waals surface area contributed by atoms with E-state index in [1.807, 2.05) is 0 Å². The Morgan fingerprint density at radius 1 is 1.09 bits per heavy atom. The molecular weight excluding hydrogens is 453 g/mol. The van der Waals surface area contributed by atoms with Gasteiger partial charge < -0.3 is 10.1 Å². The van der Waals surface area contributed by atoms with Gasteiger partial charge in [0.15, 0.2) is 0 Å². The zero-order valence-corrected chi connectivity index (χ0v) is 18.6. The normalized spacial score (nSPS) is 17.9. The van der Waals surface area contributed by atoms with Crippen molar-refractivity contribution in [3.8, 4) is 0 Å². The number of nitrogens with zero attached hydrogens (tertiary/aromatic N) is 2. The number of thioether (sulfide) groups is 1. The van der Waals surface area contributed by atoms with Gasteiger partial charge in [0.1, 0.15) is 16.7 Å². The summed E-state index contributed by atoms with van der Waals surface area (Å²) in [5, 5.41) is 2.65. The minimum absolute atomic E-state index is 0.229. The Labute approximate surface area is 193 Å². The molecule has 1 N–H and O–H groups in total. The van der Waals surface area contributed by atoms with Crippen LogP contribution in [0.15, 0.2) is 53.4 Å². The zero-order valence-electron chi connectivity index (χ0n) is 17.0. The predicted octanol–water partition coefficient (Wildman–Crippen LogP) is 3.03. The number of amides is 3. The van der Waals surface area contributed by atoms with Crippen LogP contribution in [-0.2, 0) is 19.1 Å². The molecule has 2 heterocycles. The molecule has 4 rings (SSSR count). The van der Waals surface area contributed by atoms with Gasteiger partial charge in [-0.2, -0.15) is 0 Å². The summed E-state index contributed by atoms with van der Waals surface area (Å²) in [5.41, 5.74) is 1.74.